The highest BCUT2D eigenvalue weighted by molar-refractivity contribution is 7.91. The number of carbonyl (C=O) groups is 1. The van der Waals surface area contributed by atoms with E-state index in [1.807, 2.05) is 0 Å². The number of hydrogen-bond acceptors (Lipinski definition) is 3. The lowest BCUT2D eigenvalue weighted by Crippen LogP contribution is -2.27. The van der Waals surface area contributed by atoms with Crippen molar-refractivity contribution in [1.82, 2.24) is 0 Å². The number of rotatable bonds is 2. The van der Waals surface area contributed by atoms with Crippen LogP contribution in [0, 0.1) is 17.8 Å². The first kappa shape index (κ1) is 9.96. The van der Waals surface area contributed by atoms with Gasteiger partial charge in [0.15, 0.2) is 9.84 Å². The van der Waals surface area contributed by atoms with E-state index in [4.69, 9.17) is 5.11 Å². The van der Waals surface area contributed by atoms with Crippen LogP contribution in [0.2, 0.25) is 0 Å². The molecule has 14 heavy (non-hydrogen) atoms. The molecule has 1 N–H and O–H groups in total. The quantitative estimate of drug-likeness (QED) is 0.734. The lowest BCUT2D eigenvalue weighted by Gasteiger charge is -2.21. The molecule has 1 saturated heterocycles. The Morgan fingerprint density at radius 2 is 2.07 bits per heavy atom. The summed E-state index contributed by atoms with van der Waals surface area (Å²) in [6.07, 6.45) is 2.26. The molecule has 0 aromatic rings. The molecule has 0 aromatic heterocycles. The average Bonchev–Trinajstić information content (AvgIpc) is 2.80. The van der Waals surface area contributed by atoms with Crippen LogP contribution >= 0.6 is 0 Å². The lowest BCUT2D eigenvalue weighted by atomic mass is 9.98. The van der Waals surface area contributed by atoms with Crippen molar-refractivity contribution in [2.45, 2.75) is 19.3 Å². The molecule has 2 aliphatic rings. The molecule has 3 atom stereocenters. The Morgan fingerprint density at radius 1 is 1.36 bits per heavy atom. The van der Waals surface area contributed by atoms with E-state index >= 15 is 0 Å². The first-order valence-corrected chi connectivity index (χ1v) is 6.75. The van der Waals surface area contributed by atoms with Crippen molar-refractivity contribution in [2.24, 2.45) is 17.8 Å². The van der Waals surface area contributed by atoms with Crippen molar-refractivity contribution in [3.05, 3.63) is 0 Å². The zero-order chi connectivity index (χ0) is 10.3. The summed E-state index contributed by atoms with van der Waals surface area (Å²) in [7, 11) is -2.88. The van der Waals surface area contributed by atoms with Crippen molar-refractivity contribution in [2.75, 3.05) is 11.5 Å². The van der Waals surface area contributed by atoms with Gasteiger partial charge in [-0.05, 0) is 31.1 Å². The van der Waals surface area contributed by atoms with Gasteiger partial charge >= 0.3 is 5.97 Å². The topological polar surface area (TPSA) is 71.4 Å². The zero-order valence-electron chi connectivity index (χ0n) is 7.85. The van der Waals surface area contributed by atoms with Gasteiger partial charge in [0.25, 0.3) is 0 Å². The monoisotopic (exact) mass is 218 g/mol. The van der Waals surface area contributed by atoms with E-state index in [-0.39, 0.29) is 29.3 Å². The first-order valence-electron chi connectivity index (χ1n) is 4.93. The van der Waals surface area contributed by atoms with Gasteiger partial charge in [-0.1, -0.05) is 0 Å². The maximum absolute atomic E-state index is 11.3. The molecule has 0 amide bonds. The SMILES string of the molecule is O=C(O)C1CC1C1CCCS(=O)(=O)C1. The maximum atomic E-state index is 11.3. The number of hydrogen-bond donors (Lipinski definition) is 1. The summed E-state index contributed by atoms with van der Waals surface area (Å²) in [5.74, 6) is -0.307. The second kappa shape index (κ2) is 3.22. The molecule has 2 rings (SSSR count). The molecule has 0 aromatic carbocycles. The van der Waals surface area contributed by atoms with Crippen molar-refractivity contribution in [1.29, 1.82) is 0 Å². The van der Waals surface area contributed by atoms with Crippen LogP contribution in [0.3, 0.4) is 0 Å². The predicted molar refractivity (Wildman–Crippen MR) is 50.6 cm³/mol. The summed E-state index contributed by atoms with van der Waals surface area (Å²) in [6.45, 7) is 0. The molecule has 1 saturated carbocycles. The van der Waals surface area contributed by atoms with Gasteiger partial charge in [-0.25, -0.2) is 8.42 Å². The summed E-state index contributed by atoms with van der Waals surface area (Å²) < 4.78 is 22.6. The smallest absolute Gasteiger partial charge is 0.306 e. The highest BCUT2D eigenvalue weighted by Gasteiger charge is 2.49. The molecule has 80 valence electrons. The normalized spacial score (nSPS) is 40.4. The molecular formula is C9H14O4S. The molecule has 4 nitrogen and oxygen atoms in total. The summed E-state index contributed by atoms with van der Waals surface area (Å²) in [4.78, 5) is 10.6. The average molecular weight is 218 g/mol. The van der Waals surface area contributed by atoms with Crippen LogP contribution in [0.4, 0.5) is 0 Å². The minimum atomic E-state index is -2.88. The van der Waals surface area contributed by atoms with Gasteiger partial charge in [0.05, 0.1) is 17.4 Å². The Labute approximate surface area is 83.2 Å². The summed E-state index contributed by atoms with van der Waals surface area (Å²) in [6, 6.07) is 0. The maximum Gasteiger partial charge on any atom is 0.306 e. The second-order valence-corrected chi connectivity index (χ2v) is 6.59. The molecule has 3 unspecified atom stereocenters. The van der Waals surface area contributed by atoms with Gasteiger partial charge in [-0.3, -0.25) is 4.79 Å². The van der Waals surface area contributed by atoms with Crippen LogP contribution in [0.15, 0.2) is 0 Å². The van der Waals surface area contributed by atoms with Gasteiger partial charge in [0.2, 0.25) is 0 Å². The van der Waals surface area contributed by atoms with E-state index in [0.717, 1.165) is 6.42 Å². The van der Waals surface area contributed by atoms with Crippen LogP contribution in [0.1, 0.15) is 19.3 Å². The predicted octanol–water partition coefficient (Wildman–Crippen LogP) is 0.532. The van der Waals surface area contributed by atoms with Gasteiger partial charge in [-0.15, -0.1) is 0 Å². The number of aliphatic carboxylic acids is 1. The summed E-state index contributed by atoms with van der Waals surface area (Å²) in [5.41, 5.74) is 0. The molecule has 1 aliphatic carbocycles. The van der Waals surface area contributed by atoms with Crippen LogP contribution in [-0.4, -0.2) is 31.0 Å². The molecule has 5 heteroatoms. The molecule has 0 bridgehead atoms. The standard InChI is InChI=1S/C9H14O4S/c10-9(11)8-4-7(8)6-2-1-3-14(12,13)5-6/h6-8H,1-5H2,(H,10,11). The van der Waals surface area contributed by atoms with Gasteiger partial charge in [0, 0.05) is 0 Å². The van der Waals surface area contributed by atoms with Crippen molar-refractivity contribution >= 4 is 15.8 Å². The van der Waals surface area contributed by atoms with Gasteiger partial charge in [-0.2, -0.15) is 0 Å². The minimum Gasteiger partial charge on any atom is -0.481 e. The Bertz CT molecular complexity index is 346. The third-order valence-electron chi connectivity index (χ3n) is 3.26. The lowest BCUT2D eigenvalue weighted by molar-refractivity contribution is -0.139. The fourth-order valence-electron chi connectivity index (χ4n) is 2.42. The van der Waals surface area contributed by atoms with E-state index in [2.05, 4.69) is 0 Å². The van der Waals surface area contributed by atoms with E-state index in [0.29, 0.717) is 12.8 Å². The van der Waals surface area contributed by atoms with Crippen molar-refractivity contribution in [3.63, 3.8) is 0 Å². The molecule has 0 spiro atoms. The fourth-order valence-corrected chi connectivity index (χ4v) is 4.25. The Morgan fingerprint density at radius 3 is 2.57 bits per heavy atom. The first-order chi connectivity index (χ1) is 6.49. The molecule has 1 aliphatic heterocycles. The Hall–Kier alpha value is -0.580. The van der Waals surface area contributed by atoms with E-state index in [1.165, 1.54) is 0 Å². The van der Waals surface area contributed by atoms with Gasteiger partial charge < -0.3 is 5.11 Å². The van der Waals surface area contributed by atoms with Crippen molar-refractivity contribution < 1.29 is 18.3 Å². The van der Waals surface area contributed by atoms with Crippen LogP contribution in [-0.2, 0) is 14.6 Å². The summed E-state index contributed by atoms with van der Waals surface area (Å²) in [5, 5.41) is 8.73. The van der Waals surface area contributed by atoms with E-state index in [9.17, 15) is 13.2 Å². The number of carboxylic acids is 1. The third-order valence-corrected chi connectivity index (χ3v) is 5.11. The van der Waals surface area contributed by atoms with Gasteiger partial charge in [0.1, 0.15) is 0 Å². The third kappa shape index (κ3) is 1.92. The molecule has 1 heterocycles. The Kier molecular flexibility index (Phi) is 2.29. The second-order valence-electron chi connectivity index (χ2n) is 4.36. The minimum absolute atomic E-state index is 0.106. The highest BCUT2D eigenvalue weighted by Crippen LogP contribution is 2.47. The Balaban J connectivity index is 1.98. The number of carboxylic acid groups (broad SMARTS) is 1. The van der Waals surface area contributed by atoms with Crippen LogP contribution in [0.5, 0.6) is 0 Å². The van der Waals surface area contributed by atoms with E-state index in [1.54, 1.807) is 0 Å². The van der Waals surface area contributed by atoms with E-state index < -0.39 is 15.8 Å². The molecule has 0 radical (unpaired) electrons. The molecule has 2 fully saturated rings. The van der Waals surface area contributed by atoms with Crippen molar-refractivity contribution in [3.8, 4) is 0 Å². The highest BCUT2D eigenvalue weighted by atomic mass is 32.2. The summed E-state index contributed by atoms with van der Waals surface area (Å²) >= 11 is 0. The fraction of sp³-hybridized carbons (Fsp3) is 0.889. The number of sulfone groups is 1. The van der Waals surface area contributed by atoms with Crippen LogP contribution < -0.4 is 0 Å². The zero-order valence-corrected chi connectivity index (χ0v) is 8.66. The van der Waals surface area contributed by atoms with Crippen LogP contribution in [0.25, 0.3) is 0 Å². The largest absolute Gasteiger partial charge is 0.481 e. The molecular weight excluding hydrogens is 204 g/mol.